The first-order chi connectivity index (χ1) is 11.8. The summed E-state index contributed by atoms with van der Waals surface area (Å²) in [7, 11) is 0. The van der Waals surface area contributed by atoms with Crippen molar-refractivity contribution in [2.45, 2.75) is 17.9 Å². The van der Waals surface area contributed by atoms with Crippen LogP contribution >= 0.6 is 11.8 Å². The average Bonchev–Trinajstić information content (AvgIpc) is 2.61. The summed E-state index contributed by atoms with van der Waals surface area (Å²) in [5, 5.41) is 11.7. The lowest BCUT2D eigenvalue weighted by Crippen LogP contribution is -3.12. The van der Waals surface area contributed by atoms with Crippen LogP contribution in [0.15, 0.2) is 53.4 Å². The van der Waals surface area contributed by atoms with Crippen LogP contribution in [0, 0.1) is 11.3 Å². The standard InChI is InChI=1S/C19H19N3OS/c20-10-12-24-18-8-4-3-7-17(18)21-19(23)14-22-11-9-15-5-1-2-6-16(15)13-22/h1-8H,9,11-14H2,(H,21,23)/p+1. The van der Waals surface area contributed by atoms with Gasteiger partial charge in [0.25, 0.3) is 5.91 Å². The molecule has 1 aliphatic rings. The second kappa shape index (κ2) is 8.00. The number of carbonyl (C=O) groups is 1. The zero-order valence-corrected chi connectivity index (χ0v) is 14.2. The van der Waals surface area contributed by atoms with E-state index in [9.17, 15) is 4.79 Å². The second-order valence-electron chi connectivity index (χ2n) is 5.86. The molecule has 2 N–H and O–H groups in total. The van der Waals surface area contributed by atoms with Crippen molar-refractivity contribution < 1.29 is 9.69 Å². The Kier molecular flexibility index (Phi) is 5.52. The van der Waals surface area contributed by atoms with Gasteiger partial charge in [0.1, 0.15) is 6.54 Å². The number of benzene rings is 2. The molecule has 0 bridgehead atoms. The Bertz CT molecular complexity index is 769. The molecule has 1 unspecified atom stereocenters. The highest BCUT2D eigenvalue weighted by Crippen LogP contribution is 2.26. The first-order valence-electron chi connectivity index (χ1n) is 8.05. The molecule has 2 aromatic carbocycles. The van der Waals surface area contributed by atoms with Gasteiger partial charge in [-0.1, -0.05) is 36.4 Å². The minimum absolute atomic E-state index is 0.0226. The quantitative estimate of drug-likeness (QED) is 0.819. The fraction of sp³-hybridized carbons (Fsp3) is 0.263. The summed E-state index contributed by atoms with van der Waals surface area (Å²) in [6.07, 6.45) is 1.02. The van der Waals surface area contributed by atoms with Crippen molar-refractivity contribution in [1.82, 2.24) is 0 Å². The van der Waals surface area contributed by atoms with Crippen molar-refractivity contribution in [1.29, 1.82) is 5.26 Å². The number of anilines is 1. The lowest BCUT2D eigenvalue weighted by atomic mass is 10.00. The Morgan fingerprint density at radius 2 is 1.92 bits per heavy atom. The van der Waals surface area contributed by atoms with Crippen LogP contribution in [0.3, 0.4) is 0 Å². The first kappa shape index (κ1) is 16.6. The number of carbonyl (C=O) groups excluding carboxylic acids is 1. The molecule has 0 saturated carbocycles. The minimum atomic E-state index is 0.0226. The van der Waals surface area contributed by atoms with Crippen molar-refractivity contribution in [3.05, 3.63) is 59.7 Å². The summed E-state index contributed by atoms with van der Waals surface area (Å²) in [5.41, 5.74) is 3.54. The molecule has 0 aromatic heterocycles. The van der Waals surface area contributed by atoms with E-state index in [4.69, 9.17) is 5.26 Å². The maximum atomic E-state index is 12.4. The van der Waals surface area contributed by atoms with Gasteiger partial charge >= 0.3 is 0 Å². The Morgan fingerprint density at radius 3 is 2.75 bits per heavy atom. The molecule has 0 spiro atoms. The number of hydrogen-bond donors (Lipinski definition) is 2. The van der Waals surface area contributed by atoms with Gasteiger partial charge in [-0.25, -0.2) is 0 Å². The molecule has 3 rings (SSSR count). The number of rotatable bonds is 5. The SMILES string of the molecule is N#CCSc1ccccc1NC(=O)C[NH+]1CCc2ccccc2C1. The van der Waals surface area contributed by atoms with E-state index < -0.39 is 0 Å². The molecule has 0 radical (unpaired) electrons. The van der Waals surface area contributed by atoms with Gasteiger partial charge in [0.15, 0.2) is 6.54 Å². The number of thioether (sulfide) groups is 1. The Labute approximate surface area is 146 Å². The van der Waals surface area contributed by atoms with E-state index in [-0.39, 0.29) is 5.91 Å². The van der Waals surface area contributed by atoms with Crippen molar-refractivity contribution in [2.75, 3.05) is 24.2 Å². The lowest BCUT2D eigenvalue weighted by molar-refractivity contribution is -0.907. The largest absolute Gasteiger partial charge is 0.323 e. The van der Waals surface area contributed by atoms with E-state index >= 15 is 0 Å². The molecule has 1 amide bonds. The molecule has 1 aliphatic heterocycles. The highest BCUT2D eigenvalue weighted by Gasteiger charge is 2.21. The topological polar surface area (TPSA) is 57.3 Å². The second-order valence-corrected chi connectivity index (χ2v) is 6.88. The van der Waals surface area contributed by atoms with E-state index in [2.05, 4.69) is 35.7 Å². The van der Waals surface area contributed by atoms with E-state index in [0.717, 1.165) is 30.1 Å². The van der Waals surface area contributed by atoms with Crippen LogP contribution in [0.4, 0.5) is 5.69 Å². The summed E-state index contributed by atoms with van der Waals surface area (Å²) in [6.45, 7) is 2.34. The van der Waals surface area contributed by atoms with Crippen molar-refractivity contribution in [2.24, 2.45) is 0 Å². The van der Waals surface area contributed by atoms with Gasteiger partial charge in [-0.15, -0.1) is 11.8 Å². The first-order valence-corrected chi connectivity index (χ1v) is 9.04. The summed E-state index contributed by atoms with van der Waals surface area (Å²) >= 11 is 1.44. The van der Waals surface area contributed by atoms with Crippen LogP contribution in [-0.4, -0.2) is 24.7 Å². The average molecular weight is 338 g/mol. The molecular formula is C19H20N3OS+. The predicted octanol–water partition coefficient (Wildman–Crippen LogP) is 1.88. The molecule has 2 aromatic rings. The normalized spacial score (nSPS) is 16.0. The molecule has 0 fully saturated rings. The van der Waals surface area contributed by atoms with E-state index in [1.54, 1.807) is 0 Å². The summed E-state index contributed by atoms with van der Waals surface area (Å²) in [4.78, 5) is 14.6. The molecule has 1 atom stereocenters. The Morgan fingerprint density at radius 1 is 1.17 bits per heavy atom. The predicted molar refractivity (Wildman–Crippen MR) is 96.0 cm³/mol. The molecule has 0 saturated heterocycles. The van der Waals surface area contributed by atoms with Crippen LogP contribution in [0.1, 0.15) is 11.1 Å². The van der Waals surface area contributed by atoms with Crippen LogP contribution in [-0.2, 0) is 17.8 Å². The summed E-state index contributed by atoms with van der Waals surface area (Å²) in [6, 6.07) is 18.2. The van der Waals surface area contributed by atoms with Gasteiger partial charge in [0.05, 0.1) is 24.1 Å². The monoisotopic (exact) mass is 338 g/mol. The van der Waals surface area contributed by atoms with Gasteiger partial charge in [-0.3, -0.25) is 4.79 Å². The Balaban J connectivity index is 1.60. The molecule has 4 nitrogen and oxygen atoms in total. The van der Waals surface area contributed by atoms with E-state index in [1.807, 2.05) is 24.3 Å². The van der Waals surface area contributed by atoms with Crippen LogP contribution in [0.2, 0.25) is 0 Å². The molecular weight excluding hydrogens is 318 g/mol. The number of fused-ring (bicyclic) bond motifs is 1. The molecule has 122 valence electrons. The number of hydrogen-bond acceptors (Lipinski definition) is 3. The van der Waals surface area contributed by atoms with Crippen LogP contribution in [0.5, 0.6) is 0 Å². The number of nitriles is 1. The zero-order chi connectivity index (χ0) is 16.8. The summed E-state index contributed by atoms with van der Waals surface area (Å²) in [5.74, 6) is 0.399. The Hall–Kier alpha value is -2.29. The third kappa shape index (κ3) is 4.16. The fourth-order valence-corrected chi connectivity index (χ4v) is 3.69. The van der Waals surface area contributed by atoms with Gasteiger partial charge in [0, 0.05) is 16.9 Å². The number of amides is 1. The fourth-order valence-electron chi connectivity index (χ4n) is 3.02. The van der Waals surface area contributed by atoms with Crippen LogP contribution in [0.25, 0.3) is 0 Å². The number of quaternary nitrogens is 1. The van der Waals surface area contributed by atoms with Gasteiger partial charge in [0.2, 0.25) is 0 Å². The third-order valence-corrected chi connectivity index (χ3v) is 5.11. The number of nitrogens with zero attached hydrogens (tertiary/aromatic N) is 1. The highest BCUT2D eigenvalue weighted by molar-refractivity contribution is 7.99. The van der Waals surface area contributed by atoms with Crippen molar-refractivity contribution >= 4 is 23.4 Å². The maximum Gasteiger partial charge on any atom is 0.279 e. The van der Waals surface area contributed by atoms with Crippen molar-refractivity contribution in [3.8, 4) is 6.07 Å². The van der Waals surface area contributed by atoms with E-state index in [0.29, 0.717) is 12.3 Å². The lowest BCUT2D eigenvalue weighted by Gasteiger charge is -2.25. The maximum absolute atomic E-state index is 12.4. The molecule has 5 heteroatoms. The number of para-hydroxylation sites is 1. The highest BCUT2D eigenvalue weighted by atomic mass is 32.2. The smallest absolute Gasteiger partial charge is 0.279 e. The third-order valence-electron chi connectivity index (χ3n) is 4.17. The molecule has 1 heterocycles. The van der Waals surface area contributed by atoms with Gasteiger partial charge < -0.3 is 10.2 Å². The van der Waals surface area contributed by atoms with Crippen molar-refractivity contribution in [3.63, 3.8) is 0 Å². The minimum Gasteiger partial charge on any atom is -0.323 e. The van der Waals surface area contributed by atoms with E-state index in [1.165, 1.54) is 27.8 Å². The number of nitrogens with one attached hydrogen (secondary N) is 2. The molecule has 0 aliphatic carbocycles. The summed E-state index contributed by atoms with van der Waals surface area (Å²) < 4.78 is 0. The van der Waals surface area contributed by atoms with Crippen LogP contribution < -0.4 is 10.2 Å². The molecule has 24 heavy (non-hydrogen) atoms. The van der Waals surface area contributed by atoms with Gasteiger partial charge in [-0.05, 0) is 17.7 Å². The van der Waals surface area contributed by atoms with Gasteiger partial charge in [-0.2, -0.15) is 5.26 Å². The zero-order valence-electron chi connectivity index (χ0n) is 13.4.